The van der Waals surface area contributed by atoms with Crippen molar-refractivity contribution in [1.82, 2.24) is 4.90 Å². The fourth-order valence-electron chi connectivity index (χ4n) is 3.83. The molecule has 0 spiro atoms. The van der Waals surface area contributed by atoms with Crippen LogP contribution in [0.1, 0.15) is 28.4 Å². The van der Waals surface area contributed by atoms with Gasteiger partial charge in [0.1, 0.15) is 5.75 Å². The van der Waals surface area contributed by atoms with Crippen molar-refractivity contribution < 1.29 is 31.1 Å². The van der Waals surface area contributed by atoms with Crippen LogP contribution in [-0.4, -0.2) is 37.8 Å². The van der Waals surface area contributed by atoms with E-state index >= 15 is 0 Å². The number of halogens is 5. The molecule has 190 valence electrons. The number of sulfone groups is 1. The minimum Gasteiger partial charge on any atom is -0.480 e. The molecular weight excluding hydrogens is 538 g/mol. The third-order valence-electron chi connectivity index (χ3n) is 5.84. The smallest absolute Gasteiger partial charge is 0.425 e. The summed E-state index contributed by atoms with van der Waals surface area (Å²) < 4.78 is 68.5. The Kier molecular flexibility index (Phi) is 7.02. The van der Waals surface area contributed by atoms with Crippen molar-refractivity contribution >= 4 is 38.9 Å². The van der Waals surface area contributed by atoms with Gasteiger partial charge < -0.3 is 9.64 Å². The zero-order valence-electron chi connectivity index (χ0n) is 19.1. The van der Waals surface area contributed by atoms with Gasteiger partial charge in [0.25, 0.3) is 5.91 Å². The summed E-state index contributed by atoms with van der Waals surface area (Å²) in [5, 5.41) is 0.824. The summed E-state index contributed by atoms with van der Waals surface area (Å²) in [7, 11) is -3.72. The summed E-state index contributed by atoms with van der Waals surface area (Å²) in [5.74, 6) is -0.984. The molecule has 0 N–H and O–H groups in total. The van der Waals surface area contributed by atoms with E-state index in [1.807, 2.05) is 24.3 Å². The van der Waals surface area contributed by atoms with Crippen LogP contribution in [-0.2, 0) is 22.9 Å². The number of benzene rings is 3. The van der Waals surface area contributed by atoms with Gasteiger partial charge in [-0.15, -0.1) is 0 Å². The van der Waals surface area contributed by atoms with Crippen molar-refractivity contribution in [2.24, 2.45) is 0 Å². The number of hydrogen-bond acceptors (Lipinski definition) is 4. The largest absolute Gasteiger partial charge is 0.480 e. The average Bonchev–Trinajstić information content (AvgIpc) is 3.22. The summed E-state index contributed by atoms with van der Waals surface area (Å²) in [6.07, 6.45) is -5.91. The molecule has 1 amide bonds. The van der Waals surface area contributed by atoms with Gasteiger partial charge in [0, 0.05) is 19.3 Å². The molecule has 3 aromatic rings. The second-order valence-corrected chi connectivity index (χ2v) is 11.3. The number of amides is 1. The summed E-state index contributed by atoms with van der Waals surface area (Å²) in [6.45, 7) is 1.20. The minimum atomic E-state index is -4.67. The molecule has 0 unspecified atom stereocenters. The van der Waals surface area contributed by atoms with Gasteiger partial charge in [-0.25, -0.2) is 8.42 Å². The van der Waals surface area contributed by atoms with Gasteiger partial charge in [-0.2, -0.15) is 13.2 Å². The van der Waals surface area contributed by atoms with Gasteiger partial charge in [-0.1, -0.05) is 41.4 Å². The third-order valence-corrected chi connectivity index (χ3v) is 7.69. The lowest BCUT2D eigenvalue weighted by Crippen LogP contribution is -2.32. The Morgan fingerprint density at radius 3 is 2.22 bits per heavy atom. The monoisotopic (exact) mass is 557 g/mol. The maximum atomic E-state index is 13.4. The van der Waals surface area contributed by atoms with Crippen LogP contribution in [0.3, 0.4) is 0 Å². The zero-order valence-corrected chi connectivity index (χ0v) is 21.4. The molecule has 5 nitrogen and oxygen atoms in total. The lowest BCUT2D eigenvalue weighted by atomic mass is 10.0. The first kappa shape index (κ1) is 26.3. The fraction of sp³-hybridized carbons (Fsp3) is 0.240. The third kappa shape index (κ3) is 5.48. The van der Waals surface area contributed by atoms with Crippen LogP contribution in [0, 0.1) is 0 Å². The molecule has 0 radical (unpaired) electrons. The van der Waals surface area contributed by atoms with E-state index < -0.39 is 28.0 Å². The van der Waals surface area contributed by atoms with Crippen molar-refractivity contribution in [3.8, 4) is 16.9 Å². The van der Waals surface area contributed by atoms with Gasteiger partial charge in [0.2, 0.25) is 0 Å². The van der Waals surface area contributed by atoms with Crippen molar-refractivity contribution in [3.05, 3.63) is 81.3 Å². The predicted molar refractivity (Wildman–Crippen MR) is 131 cm³/mol. The lowest BCUT2D eigenvalue weighted by molar-refractivity contribution is -0.189. The van der Waals surface area contributed by atoms with Crippen molar-refractivity contribution in [3.63, 3.8) is 0 Å². The Labute approximate surface area is 216 Å². The van der Waals surface area contributed by atoms with Crippen LogP contribution < -0.4 is 4.74 Å². The van der Waals surface area contributed by atoms with Crippen molar-refractivity contribution in [2.45, 2.75) is 37.2 Å². The fourth-order valence-corrected chi connectivity index (χ4v) is 4.78. The second-order valence-electron chi connectivity index (χ2n) is 8.51. The van der Waals surface area contributed by atoms with E-state index in [0.29, 0.717) is 10.0 Å². The highest BCUT2D eigenvalue weighted by atomic mass is 35.5. The molecule has 0 saturated heterocycles. The van der Waals surface area contributed by atoms with Crippen LogP contribution in [0.4, 0.5) is 13.2 Å². The van der Waals surface area contributed by atoms with Gasteiger partial charge in [0.05, 0.1) is 20.5 Å². The Hall–Kier alpha value is -2.75. The zero-order chi connectivity index (χ0) is 26.4. The van der Waals surface area contributed by atoms with E-state index in [2.05, 4.69) is 0 Å². The van der Waals surface area contributed by atoms with Crippen molar-refractivity contribution in [2.75, 3.05) is 6.26 Å². The predicted octanol–water partition coefficient (Wildman–Crippen LogP) is 6.55. The van der Waals surface area contributed by atoms with E-state index in [-0.39, 0.29) is 29.3 Å². The number of hydrogen-bond donors (Lipinski definition) is 0. The quantitative estimate of drug-likeness (QED) is 0.357. The summed E-state index contributed by atoms with van der Waals surface area (Å²) >= 11 is 12.1. The highest BCUT2D eigenvalue weighted by Gasteiger charge is 2.39. The topological polar surface area (TPSA) is 63.7 Å². The van der Waals surface area contributed by atoms with Crippen LogP contribution >= 0.6 is 23.2 Å². The van der Waals surface area contributed by atoms with E-state index in [1.165, 1.54) is 4.90 Å². The van der Waals surface area contributed by atoms with E-state index in [9.17, 15) is 26.4 Å². The van der Waals surface area contributed by atoms with Crippen LogP contribution in [0.2, 0.25) is 10.0 Å². The van der Waals surface area contributed by atoms with E-state index in [1.54, 1.807) is 12.1 Å². The Morgan fingerprint density at radius 1 is 0.944 bits per heavy atom. The number of carbonyl (C=O) groups excluding carboxylic acids is 1. The highest BCUT2D eigenvalue weighted by Crippen LogP contribution is 2.35. The van der Waals surface area contributed by atoms with Gasteiger partial charge in [0.15, 0.2) is 15.9 Å². The summed E-state index contributed by atoms with van der Waals surface area (Å²) in [6, 6.07) is 14.1. The standard InChI is InChI=1S/C25H20Cl2F3NO4S/c1-14(25(28,29)30)35-23-8-6-19(36(2,33)34)11-20(23)24(32)31-12-17-4-3-15(9-18(17)13-31)16-5-7-21(26)22(27)10-16/h3-11,14H,12-13H2,1-2H3/t14-/m0/s1. The molecule has 3 aromatic carbocycles. The molecule has 1 aliphatic heterocycles. The number of carbonyl (C=O) groups is 1. The molecule has 0 aliphatic carbocycles. The molecule has 11 heteroatoms. The maximum Gasteiger partial charge on any atom is 0.425 e. The van der Waals surface area contributed by atoms with Gasteiger partial charge >= 0.3 is 6.18 Å². The molecular formula is C25H20Cl2F3NO4S. The lowest BCUT2D eigenvalue weighted by Gasteiger charge is -2.22. The SMILES string of the molecule is C[C@H](Oc1ccc(S(C)(=O)=O)cc1C(=O)N1Cc2ccc(-c3ccc(Cl)c(Cl)c3)cc2C1)C(F)(F)F. The molecule has 1 heterocycles. The van der Waals surface area contributed by atoms with Crippen LogP contribution in [0.15, 0.2) is 59.5 Å². The molecule has 0 saturated carbocycles. The number of nitrogens with zero attached hydrogens (tertiary/aromatic N) is 1. The molecule has 0 aromatic heterocycles. The molecule has 1 atom stereocenters. The summed E-state index contributed by atoms with van der Waals surface area (Å²) in [4.78, 5) is 14.7. The van der Waals surface area contributed by atoms with Crippen LogP contribution in [0.25, 0.3) is 11.1 Å². The number of ether oxygens (including phenoxy) is 1. The number of fused-ring (bicyclic) bond motifs is 1. The van der Waals surface area contributed by atoms with E-state index in [0.717, 1.165) is 53.6 Å². The minimum absolute atomic E-state index is 0.181. The maximum absolute atomic E-state index is 13.4. The first-order chi connectivity index (χ1) is 16.7. The molecule has 4 rings (SSSR count). The number of alkyl halides is 3. The molecule has 0 bridgehead atoms. The van der Waals surface area contributed by atoms with E-state index in [4.69, 9.17) is 27.9 Å². The Morgan fingerprint density at radius 2 is 1.58 bits per heavy atom. The van der Waals surface area contributed by atoms with Gasteiger partial charge in [-0.3, -0.25) is 4.79 Å². The number of rotatable bonds is 5. The van der Waals surface area contributed by atoms with Gasteiger partial charge in [-0.05, 0) is 65.6 Å². The first-order valence-corrected chi connectivity index (χ1v) is 13.3. The molecule has 36 heavy (non-hydrogen) atoms. The normalized spacial score (nSPS) is 14.5. The second kappa shape index (κ2) is 9.61. The highest BCUT2D eigenvalue weighted by molar-refractivity contribution is 7.90. The van der Waals surface area contributed by atoms with Crippen molar-refractivity contribution in [1.29, 1.82) is 0 Å². The molecule has 1 aliphatic rings. The Balaban J connectivity index is 1.65. The first-order valence-electron chi connectivity index (χ1n) is 10.7. The average molecular weight is 558 g/mol. The Bertz CT molecular complexity index is 1460. The van der Waals surface area contributed by atoms with Crippen LogP contribution in [0.5, 0.6) is 5.75 Å². The molecule has 0 fully saturated rings. The summed E-state index contributed by atoms with van der Waals surface area (Å²) in [5.41, 5.74) is 3.12.